The second-order valence-electron chi connectivity index (χ2n) is 6.77. The number of hydrogen-bond acceptors (Lipinski definition) is 4. The van der Waals surface area contributed by atoms with E-state index >= 15 is 0 Å². The number of pyridine rings is 1. The Labute approximate surface area is 157 Å². The zero-order valence-corrected chi connectivity index (χ0v) is 15.9. The summed E-state index contributed by atoms with van der Waals surface area (Å²) in [5.41, 5.74) is 2.24. The fourth-order valence-corrected chi connectivity index (χ4v) is 5.20. The first-order valence-electron chi connectivity index (χ1n) is 9.06. The molecule has 4 rings (SSSR count). The van der Waals surface area contributed by atoms with Crippen molar-refractivity contribution in [1.29, 1.82) is 0 Å². The summed E-state index contributed by atoms with van der Waals surface area (Å²) in [6, 6.07) is 9.82. The molecule has 1 aliphatic rings. The van der Waals surface area contributed by atoms with E-state index < -0.39 is 10.0 Å². The molecule has 1 atom stereocenters. The van der Waals surface area contributed by atoms with Crippen LogP contribution in [0.25, 0.3) is 22.6 Å². The van der Waals surface area contributed by atoms with Crippen LogP contribution in [-0.2, 0) is 10.0 Å². The fourth-order valence-electron chi connectivity index (χ4n) is 3.64. The van der Waals surface area contributed by atoms with Crippen molar-refractivity contribution < 1.29 is 12.8 Å². The van der Waals surface area contributed by atoms with E-state index in [0.717, 1.165) is 16.7 Å². The van der Waals surface area contributed by atoms with E-state index in [0.29, 0.717) is 31.8 Å². The van der Waals surface area contributed by atoms with E-state index in [4.69, 9.17) is 4.98 Å². The van der Waals surface area contributed by atoms with Gasteiger partial charge in [0, 0.05) is 24.8 Å². The van der Waals surface area contributed by atoms with Crippen molar-refractivity contribution in [2.24, 2.45) is 0 Å². The summed E-state index contributed by atoms with van der Waals surface area (Å²) in [6.07, 6.45) is 2.99. The highest BCUT2D eigenvalue weighted by molar-refractivity contribution is 7.89. The first-order valence-corrected chi connectivity index (χ1v) is 10.7. The summed E-state index contributed by atoms with van der Waals surface area (Å²) in [4.78, 5) is 9.16. The molecule has 3 heterocycles. The van der Waals surface area contributed by atoms with Gasteiger partial charge in [-0.2, -0.15) is 4.31 Å². The number of nitrogens with zero attached hydrogens (tertiary/aromatic N) is 4. The molecule has 1 fully saturated rings. The van der Waals surface area contributed by atoms with E-state index in [1.807, 2.05) is 23.6 Å². The summed E-state index contributed by atoms with van der Waals surface area (Å²) < 4.78 is 41.8. The van der Waals surface area contributed by atoms with Crippen molar-refractivity contribution in [3.05, 3.63) is 48.4 Å². The number of benzene rings is 1. The topological polar surface area (TPSA) is 68.1 Å². The highest BCUT2D eigenvalue weighted by atomic mass is 32.2. The molecule has 6 nitrogen and oxygen atoms in total. The van der Waals surface area contributed by atoms with Gasteiger partial charge >= 0.3 is 0 Å². The molecular formula is C19H21FN4O2S. The Balaban J connectivity index is 1.77. The third kappa shape index (κ3) is 3.35. The summed E-state index contributed by atoms with van der Waals surface area (Å²) in [7, 11) is -3.24. The average Bonchev–Trinajstić information content (AvgIpc) is 3.27. The van der Waals surface area contributed by atoms with Crippen LogP contribution in [0.4, 0.5) is 4.39 Å². The molecule has 0 amide bonds. The van der Waals surface area contributed by atoms with E-state index in [1.54, 1.807) is 22.6 Å². The molecule has 3 aromatic rings. The molecule has 0 bridgehead atoms. The van der Waals surface area contributed by atoms with Gasteiger partial charge in [0.05, 0.1) is 11.8 Å². The van der Waals surface area contributed by atoms with Crippen LogP contribution in [0, 0.1) is 5.82 Å². The lowest BCUT2D eigenvalue weighted by molar-refractivity contribution is 0.455. The maximum Gasteiger partial charge on any atom is 0.214 e. The molecule has 0 aliphatic carbocycles. The number of halogens is 1. The van der Waals surface area contributed by atoms with Crippen molar-refractivity contribution in [3.63, 3.8) is 0 Å². The standard InChI is InChI=1S/C19H21FN4O2S/c1-2-12-27(25,26)23-11-9-16(13-23)24-18(14-5-7-15(20)8-6-14)22-17-4-3-10-21-19(17)24/h3-8,10,16H,2,9,11-13H2,1H3. The molecule has 1 unspecified atom stereocenters. The van der Waals surface area contributed by atoms with Crippen LogP contribution >= 0.6 is 0 Å². The Kier molecular flexibility index (Phi) is 4.69. The van der Waals surface area contributed by atoms with Crippen molar-refractivity contribution in [1.82, 2.24) is 18.8 Å². The van der Waals surface area contributed by atoms with Gasteiger partial charge in [-0.15, -0.1) is 0 Å². The summed E-state index contributed by atoms with van der Waals surface area (Å²) >= 11 is 0. The van der Waals surface area contributed by atoms with Crippen LogP contribution in [0.15, 0.2) is 42.6 Å². The minimum Gasteiger partial charge on any atom is -0.304 e. The Hall–Kier alpha value is -2.32. The SMILES string of the molecule is CCCS(=O)(=O)N1CCC(n2c(-c3ccc(F)cc3)nc3cccnc32)C1. The van der Waals surface area contributed by atoms with Gasteiger partial charge in [0.2, 0.25) is 10.0 Å². The zero-order valence-electron chi connectivity index (χ0n) is 15.0. The van der Waals surface area contributed by atoms with Crippen molar-refractivity contribution in [2.75, 3.05) is 18.8 Å². The monoisotopic (exact) mass is 388 g/mol. The maximum absolute atomic E-state index is 13.4. The second-order valence-corrected chi connectivity index (χ2v) is 8.86. The Morgan fingerprint density at radius 1 is 1.22 bits per heavy atom. The van der Waals surface area contributed by atoms with Gasteiger partial charge in [0.15, 0.2) is 5.65 Å². The van der Waals surface area contributed by atoms with Crippen molar-refractivity contribution in [3.8, 4) is 11.4 Å². The van der Waals surface area contributed by atoms with Crippen molar-refractivity contribution in [2.45, 2.75) is 25.8 Å². The highest BCUT2D eigenvalue weighted by Crippen LogP contribution is 2.33. The molecule has 2 aromatic heterocycles. The lowest BCUT2D eigenvalue weighted by Gasteiger charge is -2.18. The first kappa shape index (κ1) is 18.1. The summed E-state index contributed by atoms with van der Waals surface area (Å²) in [6.45, 7) is 2.76. The molecule has 0 radical (unpaired) electrons. The molecule has 1 aromatic carbocycles. The number of imidazole rings is 1. The smallest absolute Gasteiger partial charge is 0.214 e. The number of sulfonamides is 1. The predicted molar refractivity (Wildman–Crippen MR) is 102 cm³/mol. The molecule has 0 saturated carbocycles. The summed E-state index contributed by atoms with van der Waals surface area (Å²) in [5.74, 6) is 0.536. The van der Waals surface area contributed by atoms with E-state index in [9.17, 15) is 12.8 Å². The number of rotatable bonds is 5. The first-order chi connectivity index (χ1) is 13.0. The van der Waals surface area contributed by atoms with Crippen LogP contribution in [0.3, 0.4) is 0 Å². The van der Waals surface area contributed by atoms with Gasteiger partial charge in [-0.3, -0.25) is 0 Å². The maximum atomic E-state index is 13.4. The molecule has 142 valence electrons. The third-order valence-electron chi connectivity index (χ3n) is 4.90. The molecule has 8 heteroatoms. The Morgan fingerprint density at radius 2 is 2.00 bits per heavy atom. The van der Waals surface area contributed by atoms with Crippen LogP contribution in [0.2, 0.25) is 0 Å². The van der Waals surface area contributed by atoms with Gasteiger partial charge in [-0.25, -0.2) is 22.8 Å². The highest BCUT2D eigenvalue weighted by Gasteiger charge is 2.34. The van der Waals surface area contributed by atoms with Gasteiger partial charge in [0.1, 0.15) is 17.2 Å². The van der Waals surface area contributed by atoms with E-state index in [-0.39, 0.29) is 17.6 Å². The molecule has 27 heavy (non-hydrogen) atoms. The summed E-state index contributed by atoms with van der Waals surface area (Å²) in [5, 5.41) is 0. The van der Waals surface area contributed by atoms with E-state index in [2.05, 4.69) is 4.98 Å². The second kappa shape index (κ2) is 7.01. The third-order valence-corrected chi connectivity index (χ3v) is 6.94. The van der Waals surface area contributed by atoms with Crippen LogP contribution in [0.5, 0.6) is 0 Å². The van der Waals surface area contributed by atoms with E-state index in [1.165, 1.54) is 12.1 Å². The number of fused-ring (bicyclic) bond motifs is 1. The van der Waals surface area contributed by atoms with Crippen LogP contribution < -0.4 is 0 Å². The Bertz CT molecular complexity index is 1060. The Morgan fingerprint density at radius 3 is 2.74 bits per heavy atom. The largest absolute Gasteiger partial charge is 0.304 e. The minimum absolute atomic E-state index is 0.0587. The van der Waals surface area contributed by atoms with Gasteiger partial charge in [0.25, 0.3) is 0 Å². The normalized spacial score (nSPS) is 18.4. The van der Waals surface area contributed by atoms with Gasteiger partial charge in [-0.1, -0.05) is 6.92 Å². The number of aromatic nitrogens is 3. The van der Waals surface area contributed by atoms with Crippen LogP contribution in [-0.4, -0.2) is 46.1 Å². The van der Waals surface area contributed by atoms with Gasteiger partial charge in [-0.05, 0) is 49.2 Å². The quantitative estimate of drug-likeness (QED) is 0.673. The fraction of sp³-hybridized carbons (Fsp3) is 0.368. The van der Waals surface area contributed by atoms with Crippen molar-refractivity contribution >= 4 is 21.2 Å². The lowest BCUT2D eigenvalue weighted by Crippen LogP contribution is -2.31. The van der Waals surface area contributed by atoms with Gasteiger partial charge < -0.3 is 4.57 Å². The van der Waals surface area contributed by atoms with Crippen LogP contribution in [0.1, 0.15) is 25.8 Å². The molecule has 1 aliphatic heterocycles. The predicted octanol–water partition coefficient (Wildman–Crippen LogP) is 3.22. The number of hydrogen-bond donors (Lipinski definition) is 0. The zero-order chi connectivity index (χ0) is 19.0. The average molecular weight is 388 g/mol. The lowest BCUT2D eigenvalue weighted by atomic mass is 10.2. The minimum atomic E-state index is -3.24. The molecule has 1 saturated heterocycles. The molecule has 0 spiro atoms. The molecule has 0 N–H and O–H groups in total. The molecular weight excluding hydrogens is 367 g/mol.